The topological polar surface area (TPSA) is 12.9 Å². The van der Waals surface area contributed by atoms with Crippen molar-refractivity contribution in [2.45, 2.75) is 27.7 Å². The smallest absolute Gasteiger partial charge is 0.0595 e. The van der Waals surface area contributed by atoms with E-state index in [1.165, 1.54) is 5.39 Å². The zero-order chi connectivity index (χ0) is 14.8. The van der Waals surface area contributed by atoms with Gasteiger partial charge in [-0.05, 0) is 17.1 Å². The zero-order valence-electron chi connectivity index (χ0n) is 13.1. The van der Waals surface area contributed by atoms with Gasteiger partial charge in [-0.2, -0.15) is 0 Å². The molecule has 1 heterocycles. The summed E-state index contributed by atoms with van der Waals surface area (Å²) in [5, 5.41) is 1.17. The van der Waals surface area contributed by atoms with Gasteiger partial charge >= 0.3 is 0 Å². The van der Waals surface area contributed by atoms with Gasteiger partial charge < -0.3 is 0 Å². The molecule has 1 radical (unpaired) electrons. The predicted molar refractivity (Wildman–Crippen MR) is 88.7 cm³/mol. The van der Waals surface area contributed by atoms with Crippen molar-refractivity contribution < 1.29 is 20.1 Å². The molecule has 0 amide bonds. The Balaban J connectivity index is 0.000000741. The predicted octanol–water partition coefficient (Wildman–Crippen LogP) is 5.75. The third kappa shape index (κ3) is 5.41. The molecule has 0 N–H and O–H groups in total. The Morgan fingerprint density at radius 3 is 2.10 bits per heavy atom. The van der Waals surface area contributed by atoms with Gasteiger partial charge in [-0.25, -0.2) is 0 Å². The molecule has 0 aliphatic rings. The second-order valence-electron chi connectivity index (χ2n) is 3.67. The third-order valence-corrected chi connectivity index (χ3v) is 2.58. The Morgan fingerprint density at radius 2 is 1.43 bits per heavy atom. The molecule has 1 aromatic heterocycles. The zero-order valence-corrected chi connectivity index (χ0v) is 15.4. The van der Waals surface area contributed by atoms with Gasteiger partial charge in [0, 0.05) is 20.1 Å². The van der Waals surface area contributed by atoms with E-state index in [0.717, 1.165) is 16.8 Å². The molecule has 0 aliphatic carbocycles. The standard InChI is InChI=1S/C15H10N.2C2H6.Ir/c1-2-6-12(7-3-1)15-11-10-13-8-4-5-9-14(13)16-15;2*1-2;/h1-6,8-11H;2*1-2H3;/q-1;;;. The van der Waals surface area contributed by atoms with E-state index >= 15 is 0 Å². The van der Waals surface area contributed by atoms with Crippen molar-refractivity contribution in [3.05, 3.63) is 66.7 Å². The normalized spacial score (nSPS) is 8.57. The summed E-state index contributed by atoms with van der Waals surface area (Å²) in [7, 11) is 0. The van der Waals surface area contributed by atoms with Crippen molar-refractivity contribution in [2.75, 3.05) is 0 Å². The van der Waals surface area contributed by atoms with Crippen molar-refractivity contribution >= 4 is 10.9 Å². The van der Waals surface area contributed by atoms with Gasteiger partial charge in [0.1, 0.15) is 0 Å². The molecule has 0 bridgehead atoms. The maximum atomic E-state index is 4.61. The fraction of sp³-hybridized carbons (Fsp3) is 0.211. The van der Waals surface area contributed by atoms with Gasteiger partial charge in [0.05, 0.1) is 5.52 Å². The van der Waals surface area contributed by atoms with E-state index in [2.05, 4.69) is 23.2 Å². The monoisotopic (exact) mass is 457 g/mol. The van der Waals surface area contributed by atoms with Crippen LogP contribution in [0.1, 0.15) is 27.7 Å². The van der Waals surface area contributed by atoms with E-state index in [1.54, 1.807) is 0 Å². The van der Waals surface area contributed by atoms with E-state index in [-0.39, 0.29) is 20.1 Å². The van der Waals surface area contributed by atoms with Crippen LogP contribution in [0.25, 0.3) is 22.2 Å². The van der Waals surface area contributed by atoms with Crippen LogP contribution in [0.5, 0.6) is 0 Å². The molecule has 0 fully saturated rings. The van der Waals surface area contributed by atoms with Crippen LogP contribution in [0.2, 0.25) is 0 Å². The molecule has 0 saturated heterocycles. The second-order valence-corrected chi connectivity index (χ2v) is 3.67. The average molecular weight is 457 g/mol. The Bertz CT molecular complexity index is 621. The van der Waals surface area contributed by atoms with E-state index in [1.807, 2.05) is 76.2 Å². The number of hydrogen-bond donors (Lipinski definition) is 0. The van der Waals surface area contributed by atoms with E-state index < -0.39 is 0 Å². The number of para-hydroxylation sites is 1. The van der Waals surface area contributed by atoms with Gasteiger partial charge in [0.25, 0.3) is 0 Å². The van der Waals surface area contributed by atoms with Crippen molar-refractivity contribution in [1.29, 1.82) is 0 Å². The largest absolute Gasteiger partial charge is 0.296 e. The van der Waals surface area contributed by atoms with Gasteiger partial charge in [-0.3, -0.25) is 4.98 Å². The summed E-state index contributed by atoms with van der Waals surface area (Å²) in [6.45, 7) is 8.00. The first-order valence-electron chi connectivity index (χ1n) is 7.26. The molecule has 2 heteroatoms. The summed E-state index contributed by atoms with van der Waals surface area (Å²) in [5.41, 5.74) is 3.03. The van der Waals surface area contributed by atoms with Crippen LogP contribution in [0, 0.1) is 6.07 Å². The van der Waals surface area contributed by atoms with Crippen molar-refractivity contribution in [3.63, 3.8) is 0 Å². The van der Waals surface area contributed by atoms with Gasteiger partial charge in [-0.15, -0.1) is 35.9 Å². The molecular weight excluding hydrogens is 434 g/mol. The van der Waals surface area contributed by atoms with Crippen LogP contribution in [-0.4, -0.2) is 4.98 Å². The minimum atomic E-state index is 0. The van der Waals surface area contributed by atoms with Gasteiger partial charge in [0.2, 0.25) is 0 Å². The summed E-state index contributed by atoms with van der Waals surface area (Å²) < 4.78 is 0. The SMILES string of the molecule is CC.CC.[Ir].[c-]1ccccc1-c1ccc2ccccc2n1. The summed E-state index contributed by atoms with van der Waals surface area (Å²) in [4.78, 5) is 4.61. The van der Waals surface area contributed by atoms with Crippen LogP contribution < -0.4 is 0 Å². The minimum Gasteiger partial charge on any atom is -0.296 e. The van der Waals surface area contributed by atoms with Crippen LogP contribution in [-0.2, 0) is 20.1 Å². The van der Waals surface area contributed by atoms with E-state index in [4.69, 9.17) is 0 Å². The fourth-order valence-electron chi connectivity index (χ4n) is 1.77. The Kier molecular flexibility index (Phi) is 10.4. The molecule has 3 aromatic rings. The Hall–Kier alpha value is -1.50. The van der Waals surface area contributed by atoms with Gasteiger partial charge in [0.15, 0.2) is 0 Å². The van der Waals surface area contributed by atoms with Crippen molar-refractivity contribution in [3.8, 4) is 11.3 Å². The van der Waals surface area contributed by atoms with Crippen LogP contribution in [0.4, 0.5) is 0 Å². The van der Waals surface area contributed by atoms with Crippen LogP contribution >= 0.6 is 0 Å². The molecule has 0 spiro atoms. The number of aromatic nitrogens is 1. The molecule has 0 saturated carbocycles. The molecule has 0 aliphatic heterocycles. The molecule has 0 unspecified atom stereocenters. The first kappa shape index (κ1) is 19.5. The fourth-order valence-corrected chi connectivity index (χ4v) is 1.77. The number of rotatable bonds is 1. The Labute approximate surface area is 141 Å². The third-order valence-electron chi connectivity index (χ3n) is 2.58. The molecule has 1 nitrogen and oxygen atoms in total. The molecule has 21 heavy (non-hydrogen) atoms. The van der Waals surface area contributed by atoms with Crippen LogP contribution in [0.15, 0.2) is 60.7 Å². The second kappa shape index (κ2) is 11.2. The maximum absolute atomic E-state index is 4.61. The van der Waals surface area contributed by atoms with E-state index in [9.17, 15) is 0 Å². The maximum Gasteiger partial charge on any atom is 0.0595 e. The first-order valence-corrected chi connectivity index (χ1v) is 7.26. The summed E-state index contributed by atoms with van der Waals surface area (Å²) in [5.74, 6) is 0. The summed E-state index contributed by atoms with van der Waals surface area (Å²) in [6.07, 6.45) is 0. The average Bonchev–Trinajstić information content (AvgIpc) is 2.59. The quantitative estimate of drug-likeness (QED) is 0.425. The number of fused-ring (bicyclic) bond motifs is 1. The minimum absolute atomic E-state index is 0. The summed E-state index contributed by atoms with van der Waals surface area (Å²) >= 11 is 0. The van der Waals surface area contributed by atoms with Crippen molar-refractivity contribution in [2.24, 2.45) is 0 Å². The molecule has 113 valence electrons. The number of hydrogen-bond acceptors (Lipinski definition) is 1. The molecular formula is C19H22IrN-. The van der Waals surface area contributed by atoms with E-state index in [0.29, 0.717) is 0 Å². The Morgan fingerprint density at radius 1 is 0.762 bits per heavy atom. The first-order chi connectivity index (χ1) is 9.93. The molecule has 3 rings (SSSR count). The molecule has 2 aromatic carbocycles. The summed E-state index contributed by atoms with van der Waals surface area (Å²) in [6, 6.07) is 23.4. The van der Waals surface area contributed by atoms with Crippen LogP contribution in [0.3, 0.4) is 0 Å². The number of nitrogens with zero attached hydrogens (tertiary/aromatic N) is 1. The van der Waals surface area contributed by atoms with Crippen molar-refractivity contribution in [1.82, 2.24) is 4.98 Å². The molecule has 0 atom stereocenters. The number of pyridine rings is 1. The van der Waals surface area contributed by atoms with Gasteiger partial charge in [-0.1, -0.05) is 58.0 Å². The number of benzene rings is 2.